The molecule has 0 fully saturated rings. The molecule has 0 aromatic heterocycles. The highest BCUT2D eigenvalue weighted by Gasteiger charge is 2.19. The van der Waals surface area contributed by atoms with E-state index in [1.807, 2.05) is 13.8 Å². The van der Waals surface area contributed by atoms with Crippen molar-refractivity contribution in [1.29, 1.82) is 0 Å². The number of hydrogen-bond acceptors (Lipinski definition) is 5. The summed E-state index contributed by atoms with van der Waals surface area (Å²) in [7, 11) is -3.87. The van der Waals surface area contributed by atoms with Gasteiger partial charge in [0.1, 0.15) is 0 Å². The van der Waals surface area contributed by atoms with Gasteiger partial charge >= 0.3 is 5.97 Å². The average Bonchev–Trinajstić information content (AvgIpc) is 2.80. The Bertz CT molecular complexity index is 1220. The molecule has 0 unspecified atom stereocenters. The van der Waals surface area contributed by atoms with Crippen LogP contribution in [-0.2, 0) is 14.8 Å². The Morgan fingerprint density at radius 3 is 2.24 bits per heavy atom. The summed E-state index contributed by atoms with van der Waals surface area (Å²) in [5.41, 5.74) is 2.11. The van der Waals surface area contributed by atoms with E-state index in [4.69, 9.17) is 4.74 Å². The lowest BCUT2D eigenvalue weighted by Gasteiger charge is -2.13. The van der Waals surface area contributed by atoms with Crippen molar-refractivity contribution in [1.82, 2.24) is 0 Å². The number of carbonyl (C=O) groups excluding carboxylic acids is 2. The van der Waals surface area contributed by atoms with Gasteiger partial charge in [0, 0.05) is 5.69 Å². The molecule has 172 valence electrons. The topological polar surface area (TPSA) is 102 Å². The number of unbranched alkanes of at least 4 members (excludes halogenated alkanes) is 1. The Morgan fingerprint density at radius 2 is 1.58 bits per heavy atom. The normalized spacial score (nSPS) is 11.0. The van der Waals surface area contributed by atoms with Crippen LogP contribution < -0.4 is 10.0 Å². The molecule has 3 rings (SSSR count). The van der Waals surface area contributed by atoms with Crippen molar-refractivity contribution in [3.8, 4) is 0 Å². The Balaban J connectivity index is 1.72. The van der Waals surface area contributed by atoms with Crippen molar-refractivity contribution < 1.29 is 22.7 Å². The molecule has 1 amide bonds. The first-order chi connectivity index (χ1) is 15.8. The average molecular weight is 467 g/mol. The largest absolute Gasteiger partial charge is 0.462 e. The predicted molar refractivity (Wildman–Crippen MR) is 128 cm³/mol. The van der Waals surface area contributed by atoms with Crippen molar-refractivity contribution in [3.63, 3.8) is 0 Å². The van der Waals surface area contributed by atoms with Crippen LogP contribution >= 0.6 is 0 Å². The third-order valence-corrected chi connectivity index (χ3v) is 6.24. The Kier molecular flexibility index (Phi) is 7.84. The summed E-state index contributed by atoms with van der Waals surface area (Å²) in [5, 5.41) is 2.72. The number of benzene rings is 3. The molecule has 0 saturated carbocycles. The highest BCUT2D eigenvalue weighted by atomic mass is 32.2. The second-order valence-electron chi connectivity index (χ2n) is 7.49. The molecule has 0 spiro atoms. The number of anilines is 2. The maximum absolute atomic E-state index is 12.9. The van der Waals surface area contributed by atoms with Crippen LogP contribution in [0.3, 0.4) is 0 Å². The number of nitrogens with one attached hydrogen (secondary N) is 2. The molecule has 7 nitrogen and oxygen atoms in total. The van der Waals surface area contributed by atoms with Gasteiger partial charge < -0.3 is 10.1 Å². The summed E-state index contributed by atoms with van der Waals surface area (Å²) in [6.07, 6.45) is 1.73. The maximum atomic E-state index is 12.9. The second kappa shape index (κ2) is 10.8. The van der Waals surface area contributed by atoms with Gasteiger partial charge in [-0.15, -0.1) is 0 Å². The van der Waals surface area contributed by atoms with Gasteiger partial charge in [-0.1, -0.05) is 43.2 Å². The van der Waals surface area contributed by atoms with Gasteiger partial charge in [0.25, 0.3) is 15.9 Å². The molecule has 0 saturated heterocycles. The van der Waals surface area contributed by atoms with E-state index in [-0.39, 0.29) is 16.1 Å². The summed E-state index contributed by atoms with van der Waals surface area (Å²) in [4.78, 5) is 25.0. The highest BCUT2D eigenvalue weighted by Crippen LogP contribution is 2.22. The molecule has 33 heavy (non-hydrogen) atoms. The molecule has 0 aliphatic carbocycles. The van der Waals surface area contributed by atoms with Gasteiger partial charge in [0.05, 0.1) is 28.3 Å². The van der Waals surface area contributed by atoms with Crippen LogP contribution in [0.1, 0.15) is 46.0 Å². The number of hydrogen-bond donors (Lipinski definition) is 2. The predicted octanol–water partition coefficient (Wildman–Crippen LogP) is 5.01. The van der Waals surface area contributed by atoms with Crippen molar-refractivity contribution in [2.45, 2.75) is 31.6 Å². The summed E-state index contributed by atoms with van der Waals surface area (Å²) in [6.45, 7) is 4.24. The van der Waals surface area contributed by atoms with Crippen LogP contribution in [0, 0.1) is 6.92 Å². The zero-order valence-electron chi connectivity index (χ0n) is 18.5. The number of esters is 1. The molecule has 0 radical (unpaired) electrons. The lowest BCUT2D eigenvalue weighted by Crippen LogP contribution is -2.18. The summed E-state index contributed by atoms with van der Waals surface area (Å²) < 4.78 is 33.2. The van der Waals surface area contributed by atoms with Crippen LogP contribution in [0.4, 0.5) is 11.4 Å². The van der Waals surface area contributed by atoms with Gasteiger partial charge in [-0.2, -0.15) is 0 Å². The molecule has 0 aliphatic rings. The second-order valence-corrected chi connectivity index (χ2v) is 9.17. The first-order valence-corrected chi connectivity index (χ1v) is 12.1. The monoisotopic (exact) mass is 466 g/mol. The first-order valence-electron chi connectivity index (χ1n) is 10.6. The van der Waals surface area contributed by atoms with Gasteiger partial charge in [-0.05, 0) is 61.9 Å². The zero-order valence-corrected chi connectivity index (χ0v) is 19.3. The zero-order chi connectivity index (χ0) is 23.8. The van der Waals surface area contributed by atoms with Crippen molar-refractivity contribution in [2.75, 3.05) is 16.6 Å². The number of carbonyl (C=O) groups is 2. The van der Waals surface area contributed by atoms with E-state index in [1.165, 1.54) is 24.3 Å². The Labute approximate surface area is 193 Å². The number of para-hydroxylation sites is 1. The van der Waals surface area contributed by atoms with E-state index in [9.17, 15) is 18.0 Å². The summed E-state index contributed by atoms with van der Waals surface area (Å²) in [6, 6.07) is 19.1. The molecule has 2 N–H and O–H groups in total. The lowest BCUT2D eigenvalue weighted by molar-refractivity contribution is 0.0499. The third kappa shape index (κ3) is 6.43. The van der Waals surface area contributed by atoms with Gasteiger partial charge in [-0.25, -0.2) is 13.2 Å². The van der Waals surface area contributed by atoms with E-state index in [2.05, 4.69) is 10.0 Å². The van der Waals surface area contributed by atoms with E-state index >= 15 is 0 Å². The quantitative estimate of drug-likeness (QED) is 0.341. The fraction of sp³-hybridized carbons (Fsp3) is 0.200. The number of rotatable bonds is 9. The smallest absolute Gasteiger partial charge is 0.338 e. The van der Waals surface area contributed by atoms with Crippen molar-refractivity contribution in [2.24, 2.45) is 0 Å². The Morgan fingerprint density at radius 1 is 0.909 bits per heavy atom. The van der Waals surface area contributed by atoms with Crippen LogP contribution in [-0.4, -0.2) is 26.9 Å². The number of aryl methyl sites for hydroxylation is 1. The van der Waals surface area contributed by atoms with Crippen LogP contribution in [0.15, 0.2) is 77.7 Å². The van der Waals surface area contributed by atoms with Crippen molar-refractivity contribution >= 4 is 33.3 Å². The van der Waals surface area contributed by atoms with E-state index < -0.39 is 21.9 Å². The fourth-order valence-corrected chi connectivity index (χ4v) is 4.05. The molecule has 8 heteroatoms. The maximum Gasteiger partial charge on any atom is 0.338 e. The molecule has 0 heterocycles. The molecule has 0 bridgehead atoms. The van der Waals surface area contributed by atoms with Crippen molar-refractivity contribution in [3.05, 3.63) is 89.5 Å². The number of ether oxygens (including phenoxy) is 1. The van der Waals surface area contributed by atoms with Crippen LogP contribution in [0.25, 0.3) is 0 Å². The van der Waals surface area contributed by atoms with Crippen LogP contribution in [0.2, 0.25) is 0 Å². The molecule has 3 aromatic carbocycles. The highest BCUT2D eigenvalue weighted by molar-refractivity contribution is 7.92. The van der Waals surface area contributed by atoms with Gasteiger partial charge in [-0.3, -0.25) is 9.52 Å². The SMILES string of the molecule is CCCCOC(=O)c1ccc(NC(=O)c2ccccc2NS(=O)(=O)c2ccc(C)cc2)cc1. The molecule has 0 aliphatic heterocycles. The molecular weight excluding hydrogens is 440 g/mol. The minimum Gasteiger partial charge on any atom is -0.462 e. The third-order valence-electron chi connectivity index (χ3n) is 4.86. The lowest BCUT2D eigenvalue weighted by atomic mass is 10.1. The molecule has 3 aromatic rings. The Hall–Kier alpha value is -3.65. The van der Waals surface area contributed by atoms with E-state index in [0.717, 1.165) is 18.4 Å². The molecular formula is C25H26N2O5S. The standard InChI is InChI=1S/C25H26N2O5S/c1-3-4-17-32-25(29)19-11-13-20(14-12-19)26-24(28)22-7-5-6-8-23(22)27-33(30,31)21-15-9-18(2)10-16-21/h5-16,27H,3-4,17H2,1-2H3,(H,26,28). The van der Waals surface area contributed by atoms with Gasteiger partial charge in [0.15, 0.2) is 0 Å². The fourth-order valence-electron chi connectivity index (χ4n) is 2.97. The van der Waals surface area contributed by atoms with E-state index in [1.54, 1.807) is 48.5 Å². The summed E-state index contributed by atoms with van der Waals surface area (Å²) >= 11 is 0. The molecule has 0 atom stereocenters. The minimum atomic E-state index is -3.87. The minimum absolute atomic E-state index is 0.102. The van der Waals surface area contributed by atoms with Crippen LogP contribution in [0.5, 0.6) is 0 Å². The number of sulfonamides is 1. The van der Waals surface area contributed by atoms with E-state index in [0.29, 0.717) is 17.9 Å². The first kappa shape index (κ1) is 24.0. The number of amides is 1. The summed E-state index contributed by atoms with van der Waals surface area (Å²) in [5.74, 6) is -0.910. The van der Waals surface area contributed by atoms with Gasteiger partial charge in [0.2, 0.25) is 0 Å².